The maximum Gasteiger partial charge on any atom is 0.138 e. The Balaban J connectivity index is 0.00000176. The SMILES string of the molecule is CNC1CCCN(Cc2ccc(Cl)cc2-n2cncn2)C1.Cl. The predicted octanol–water partition coefficient (Wildman–Crippen LogP) is 2.53. The molecule has 7 heteroatoms. The number of nitrogens with one attached hydrogen (secondary N) is 1. The highest BCUT2D eigenvalue weighted by molar-refractivity contribution is 6.30. The molecule has 1 atom stereocenters. The van der Waals surface area contributed by atoms with Gasteiger partial charge in [-0.15, -0.1) is 12.4 Å². The number of halogens is 2. The summed E-state index contributed by atoms with van der Waals surface area (Å²) in [6, 6.07) is 6.56. The molecule has 1 aliphatic rings. The van der Waals surface area contributed by atoms with Crippen molar-refractivity contribution in [3.05, 3.63) is 41.4 Å². The van der Waals surface area contributed by atoms with Crippen LogP contribution in [0.15, 0.2) is 30.9 Å². The zero-order chi connectivity index (χ0) is 14.7. The second kappa shape index (κ2) is 7.92. The molecule has 0 saturated carbocycles. The van der Waals surface area contributed by atoms with Gasteiger partial charge in [0.05, 0.1) is 5.69 Å². The van der Waals surface area contributed by atoms with Crippen molar-refractivity contribution in [2.75, 3.05) is 20.1 Å². The van der Waals surface area contributed by atoms with E-state index in [1.54, 1.807) is 17.3 Å². The molecule has 0 radical (unpaired) electrons. The molecular weight excluding hydrogens is 321 g/mol. The molecule has 5 nitrogen and oxygen atoms in total. The molecule has 0 bridgehead atoms. The van der Waals surface area contributed by atoms with Crippen molar-refractivity contribution < 1.29 is 0 Å². The predicted molar refractivity (Wildman–Crippen MR) is 91.0 cm³/mol. The molecule has 1 aromatic carbocycles. The first-order valence-corrected chi connectivity index (χ1v) is 7.67. The average molecular weight is 342 g/mol. The topological polar surface area (TPSA) is 46.0 Å². The van der Waals surface area contributed by atoms with E-state index in [-0.39, 0.29) is 12.4 Å². The van der Waals surface area contributed by atoms with E-state index in [1.165, 1.54) is 18.4 Å². The summed E-state index contributed by atoms with van der Waals surface area (Å²) in [5, 5.41) is 8.33. The first kappa shape index (κ1) is 17.2. The van der Waals surface area contributed by atoms with Crippen LogP contribution in [0.1, 0.15) is 18.4 Å². The van der Waals surface area contributed by atoms with Crippen LogP contribution in [0, 0.1) is 0 Å². The fraction of sp³-hybridized carbons (Fsp3) is 0.467. The normalized spacial score (nSPS) is 18.9. The number of likely N-dealkylation sites (tertiary alicyclic amines) is 1. The largest absolute Gasteiger partial charge is 0.316 e. The third-order valence-corrected chi connectivity index (χ3v) is 4.26. The van der Waals surface area contributed by atoms with Crippen LogP contribution in [0.3, 0.4) is 0 Å². The van der Waals surface area contributed by atoms with Crippen molar-refractivity contribution in [3.8, 4) is 5.69 Å². The van der Waals surface area contributed by atoms with Gasteiger partial charge in [0.1, 0.15) is 12.7 Å². The molecule has 1 fully saturated rings. The number of piperidine rings is 1. The van der Waals surface area contributed by atoms with Crippen LogP contribution in [-0.4, -0.2) is 45.8 Å². The Morgan fingerprint density at radius 1 is 1.41 bits per heavy atom. The lowest BCUT2D eigenvalue weighted by atomic mass is 10.0. The minimum absolute atomic E-state index is 0. The number of aromatic nitrogens is 3. The first-order valence-electron chi connectivity index (χ1n) is 7.29. The fourth-order valence-electron chi connectivity index (χ4n) is 2.89. The molecule has 1 saturated heterocycles. The van der Waals surface area contributed by atoms with Crippen LogP contribution < -0.4 is 5.32 Å². The molecular formula is C15H21Cl2N5. The van der Waals surface area contributed by atoms with Crippen LogP contribution in [0.4, 0.5) is 0 Å². The number of nitrogens with zero attached hydrogens (tertiary/aromatic N) is 4. The third-order valence-electron chi connectivity index (χ3n) is 4.02. The summed E-state index contributed by atoms with van der Waals surface area (Å²) in [4.78, 5) is 6.51. The van der Waals surface area contributed by atoms with Crippen LogP contribution >= 0.6 is 24.0 Å². The van der Waals surface area contributed by atoms with Crippen molar-refractivity contribution in [3.63, 3.8) is 0 Å². The highest BCUT2D eigenvalue weighted by atomic mass is 35.5. The van der Waals surface area contributed by atoms with Crippen molar-refractivity contribution in [1.29, 1.82) is 0 Å². The van der Waals surface area contributed by atoms with E-state index in [2.05, 4.69) is 26.4 Å². The minimum atomic E-state index is 0. The highest BCUT2D eigenvalue weighted by Crippen LogP contribution is 2.22. The Hall–Kier alpha value is -1.14. The number of likely N-dealkylation sites (N-methyl/N-ethyl adjacent to an activating group) is 1. The maximum absolute atomic E-state index is 6.14. The zero-order valence-corrected chi connectivity index (χ0v) is 14.1. The summed E-state index contributed by atoms with van der Waals surface area (Å²) < 4.78 is 1.78. The summed E-state index contributed by atoms with van der Waals surface area (Å²) in [6.45, 7) is 3.12. The molecule has 0 spiro atoms. The van der Waals surface area contributed by atoms with Gasteiger partial charge in [0, 0.05) is 24.2 Å². The third kappa shape index (κ3) is 3.98. The summed E-state index contributed by atoms with van der Waals surface area (Å²) in [6.07, 6.45) is 5.74. The summed E-state index contributed by atoms with van der Waals surface area (Å²) in [7, 11) is 2.04. The highest BCUT2D eigenvalue weighted by Gasteiger charge is 2.19. The Morgan fingerprint density at radius 3 is 3.00 bits per heavy atom. The molecule has 3 rings (SSSR count). The second-order valence-electron chi connectivity index (χ2n) is 5.48. The molecule has 22 heavy (non-hydrogen) atoms. The number of rotatable bonds is 4. The molecule has 0 amide bonds. The molecule has 0 aliphatic carbocycles. The monoisotopic (exact) mass is 341 g/mol. The number of hydrogen-bond donors (Lipinski definition) is 1. The Labute approximate surface area is 142 Å². The lowest BCUT2D eigenvalue weighted by molar-refractivity contribution is 0.188. The van der Waals surface area contributed by atoms with E-state index in [1.807, 2.05) is 19.2 Å². The van der Waals surface area contributed by atoms with Gasteiger partial charge in [0.25, 0.3) is 0 Å². The smallest absolute Gasteiger partial charge is 0.138 e. The molecule has 1 unspecified atom stereocenters. The van der Waals surface area contributed by atoms with Gasteiger partial charge in [-0.05, 0) is 44.1 Å². The Bertz CT molecular complexity index is 588. The van der Waals surface area contributed by atoms with Crippen LogP contribution in [0.2, 0.25) is 5.02 Å². The second-order valence-corrected chi connectivity index (χ2v) is 5.91. The van der Waals surface area contributed by atoms with Gasteiger partial charge in [-0.1, -0.05) is 17.7 Å². The molecule has 1 aromatic heterocycles. The molecule has 2 heterocycles. The minimum Gasteiger partial charge on any atom is -0.316 e. The van der Waals surface area contributed by atoms with E-state index in [4.69, 9.17) is 11.6 Å². The fourth-order valence-corrected chi connectivity index (χ4v) is 3.06. The number of hydrogen-bond acceptors (Lipinski definition) is 4. The Kier molecular flexibility index (Phi) is 6.20. The van der Waals surface area contributed by atoms with Crippen molar-refractivity contribution in [2.24, 2.45) is 0 Å². The average Bonchev–Trinajstić information content (AvgIpc) is 3.03. The van der Waals surface area contributed by atoms with Crippen molar-refractivity contribution in [2.45, 2.75) is 25.4 Å². The zero-order valence-electron chi connectivity index (χ0n) is 12.6. The summed E-state index contributed by atoms with van der Waals surface area (Å²) >= 11 is 6.14. The Morgan fingerprint density at radius 2 is 2.27 bits per heavy atom. The molecule has 1 N–H and O–H groups in total. The quantitative estimate of drug-likeness (QED) is 0.928. The summed E-state index contributed by atoms with van der Waals surface area (Å²) in [5.41, 5.74) is 2.23. The van der Waals surface area contributed by atoms with E-state index in [0.29, 0.717) is 6.04 Å². The standard InChI is InChI=1S/C15H20ClN5.ClH/c1-17-14-3-2-6-20(9-14)8-12-4-5-13(16)7-15(12)21-11-18-10-19-21;/h4-5,7,10-11,14,17H,2-3,6,8-9H2,1H3;1H. The van der Waals surface area contributed by atoms with Crippen LogP contribution in [0.5, 0.6) is 0 Å². The first-order chi connectivity index (χ1) is 10.3. The van der Waals surface area contributed by atoms with Gasteiger partial charge in [0.2, 0.25) is 0 Å². The van der Waals surface area contributed by atoms with Gasteiger partial charge < -0.3 is 5.32 Å². The van der Waals surface area contributed by atoms with Gasteiger partial charge in [-0.25, -0.2) is 9.67 Å². The summed E-state index contributed by atoms with van der Waals surface area (Å²) in [5.74, 6) is 0. The molecule has 120 valence electrons. The number of benzene rings is 1. The lowest BCUT2D eigenvalue weighted by Crippen LogP contribution is -2.44. The van der Waals surface area contributed by atoms with E-state index in [9.17, 15) is 0 Å². The van der Waals surface area contributed by atoms with E-state index in [0.717, 1.165) is 30.3 Å². The van der Waals surface area contributed by atoms with E-state index >= 15 is 0 Å². The van der Waals surface area contributed by atoms with Gasteiger partial charge in [0.15, 0.2) is 0 Å². The van der Waals surface area contributed by atoms with Gasteiger partial charge in [-0.2, -0.15) is 5.10 Å². The maximum atomic E-state index is 6.14. The van der Waals surface area contributed by atoms with Gasteiger partial charge >= 0.3 is 0 Å². The van der Waals surface area contributed by atoms with Gasteiger partial charge in [-0.3, -0.25) is 4.90 Å². The van der Waals surface area contributed by atoms with Crippen LogP contribution in [-0.2, 0) is 6.54 Å². The van der Waals surface area contributed by atoms with Crippen molar-refractivity contribution >= 4 is 24.0 Å². The molecule has 1 aliphatic heterocycles. The molecule has 2 aromatic rings. The van der Waals surface area contributed by atoms with E-state index < -0.39 is 0 Å². The lowest BCUT2D eigenvalue weighted by Gasteiger charge is -2.32. The van der Waals surface area contributed by atoms with Crippen molar-refractivity contribution in [1.82, 2.24) is 25.0 Å². The van der Waals surface area contributed by atoms with Crippen LogP contribution in [0.25, 0.3) is 5.69 Å².